The zero-order chi connectivity index (χ0) is 23.6. The second-order valence-corrected chi connectivity index (χ2v) is 11.5. The topological polar surface area (TPSA) is 90.2 Å². The predicted molar refractivity (Wildman–Crippen MR) is 128 cm³/mol. The summed E-state index contributed by atoms with van der Waals surface area (Å²) >= 11 is 2.54. The lowest BCUT2D eigenvalue weighted by Gasteiger charge is -2.29. The Morgan fingerprint density at radius 1 is 1.24 bits per heavy atom. The van der Waals surface area contributed by atoms with Crippen molar-refractivity contribution in [3.05, 3.63) is 34.4 Å². The number of thiophene rings is 1. The minimum absolute atomic E-state index is 0.249. The number of amides is 1. The minimum atomic E-state index is -3.51. The van der Waals surface area contributed by atoms with Crippen molar-refractivity contribution in [3.8, 4) is 23.8 Å². The number of sulfonamides is 1. The van der Waals surface area contributed by atoms with E-state index in [0.29, 0.717) is 33.4 Å². The minimum Gasteiger partial charge on any atom is -0.493 e. The molecule has 1 aromatic carbocycles. The molecule has 0 radical (unpaired) electrons. The molecule has 0 N–H and O–H groups in total. The van der Waals surface area contributed by atoms with Gasteiger partial charge in [-0.15, -0.1) is 17.8 Å². The summed E-state index contributed by atoms with van der Waals surface area (Å²) in [6.45, 7) is 0.827. The van der Waals surface area contributed by atoms with Crippen molar-refractivity contribution in [2.24, 2.45) is 10.9 Å². The third-order valence-electron chi connectivity index (χ3n) is 5.54. The third kappa shape index (κ3) is 4.56. The molecule has 11 heteroatoms. The average Bonchev–Trinajstić information content (AvgIpc) is 3.48. The Morgan fingerprint density at radius 3 is 2.55 bits per heavy atom. The van der Waals surface area contributed by atoms with Gasteiger partial charge >= 0.3 is 0 Å². The maximum absolute atomic E-state index is 13.0. The zero-order valence-electron chi connectivity index (χ0n) is 18.2. The van der Waals surface area contributed by atoms with Crippen molar-refractivity contribution >= 4 is 48.8 Å². The standard InChI is InChI=1S/C22H23N3O5S3/c1-4-9-25-16-13-17(29-2)18(30-3)14-19(16)32-22(25)23-21(26)15-7-10-24(11-8-15)33(27,28)20-6-5-12-31-20/h1,5-6,12-15H,7-11H2,2-3H3. The first-order valence-electron chi connectivity index (χ1n) is 10.2. The Bertz CT molecular complexity index is 1370. The van der Waals surface area contributed by atoms with Crippen LogP contribution in [0.15, 0.2) is 38.8 Å². The van der Waals surface area contributed by atoms with Gasteiger partial charge in [-0.05, 0) is 24.3 Å². The molecule has 0 bridgehead atoms. The van der Waals surface area contributed by atoms with Crippen LogP contribution in [0.1, 0.15) is 12.8 Å². The van der Waals surface area contributed by atoms with Crippen LogP contribution in [0.3, 0.4) is 0 Å². The molecule has 3 aromatic rings. The van der Waals surface area contributed by atoms with Crippen LogP contribution in [0.25, 0.3) is 10.2 Å². The molecule has 0 atom stereocenters. The summed E-state index contributed by atoms with van der Waals surface area (Å²) in [5.74, 6) is 3.15. The van der Waals surface area contributed by atoms with Gasteiger partial charge in [-0.3, -0.25) is 4.79 Å². The quantitative estimate of drug-likeness (QED) is 0.481. The van der Waals surface area contributed by atoms with Crippen LogP contribution in [-0.2, 0) is 21.4 Å². The highest BCUT2D eigenvalue weighted by Gasteiger charge is 2.32. The number of hydrogen-bond acceptors (Lipinski definition) is 7. The van der Waals surface area contributed by atoms with Crippen LogP contribution in [-0.4, -0.2) is 50.5 Å². The molecule has 3 heterocycles. The van der Waals surface area contributed by atoms with Gasteiger partial charge in [0.15, 0.2) is 16.3 Å². The summed E-state index contributed by atoms with van der Waals surface area (Å²) in [6.07, 6.45) is 6.42. The number of methoxy groups -OCH3 is 2. The second kappa shape index (κ2) is 9.69. The van der Waals surface area contributed by atoms with Gasteiger partial charge in [0, 0.05) is 31.1 Å². The number of benzene rings is 1. The first-order valence-corrected chi connectivity index (χ1v) is 13.3. The number of ether oxygens (including phenoxy) is 2. The molecular weight excluding hydrogens is 482 g/mol. The lowest BCUT2D eigenvalue weighted by Crippen LogP contribution is -2.40. The van der Waals surface area contributed by atoms with Crippen molar-refractivity contribution in [1.29, 1.82) is 0 Å². The average molecular weight is 506 g/mol. The zero-order valence-corrected chi connectivity index (χ0v) is 20.6. The predicted octanol–water partition coefficient (Wildman–Crippen LogP) is 2.94. The third-order valence-corrected chi connectivity index (χ3v) is 9.85. The van der Waals surface area contributed by atoms with Gasteiger partial charge in [-0.2, -0.15) is 9.30 Å². The maximum atomic E-state index is 13.0. The van der Waals surface area contributed by atoms with Crippen molar-refractivity contribution < 1.29 is 22.7 Å². The summed E-state index contributed by atoms with van der Waals surface area (Å²) in [5.41, 5.74) is 0.805. The molecule has 2 aromatic heterocycles. The first-order chi connectivity index (χ1) is 15.9. The fourth-order valence-corrected chi connectivity index (χ4v) is 7.45. The van der Waals surface area contributed by atoms with Gasteiger partial charge in [0.25, 0.3) is 15.9 Å². The number of carbonyl (C=O) groups is 1. The Balaban J connectivity index is 1.59. The highest BCUT2D eigenvalue weighted by Crippen LogP contribution is 2.33. The van der Waals surface area contributed by atoms with Gasteiger partial charge in [0.05, 0.1) is 31.0 Å². The molecule has 0 spiro atoms. The second-order valence-electron chi connectivity index (χ2n) is 7.41. The number of rotatable bonds is 6. The molecule has 1 amide bonds. The molecule has 0 aliphatic carbocycles. The van der Waals surface area contributed by atoms with E-state index in [9.17, 15) is 13.2 Å². The molecule has 1 aliphatic heterocycles. The summed E-state index contributed by atoms with van der Waals surface area (Å²) in [4.78, 5) is 17.9. The van der Waals surface area contributed by atoms with E-state index in [1.165, 1.54) is 27.0 Å². The maximum Gasteiger partial charge on any atom is 0.252 e. The first kappa shape index (κ1) is 23.5. The number of piperidine rings is 1. The molecule has 1 saturated heterocycles. The van der Waals surface area contributed by atoms with Crippen LogP contribution in [0.2, 0.25) is 0 Å². The van der Waals surface area contributed by atoms with Gasteiger partial charge in [0.2, 0.25) is 0 Å². The van der Waals surface area contributed by atoms with E-state index in [4.69, 9.17) is 15.9 Å². The van der Waals surface area contributed by atoms with E-state index in [1.807, 2.05) is 12.1 Å². The number of aromatic nitrogens is 1. The Morgan fingerprint density at radius 2 is 1.94 bits per heavy atom. The molecule has 8 nitrogen and oxygen atoms in total. The SMILES string of the molecule is C#CCn1c(=NC(=O)C2CCN(S(=O)(=O)c3cccs3)CC2)sc2cc(OC)c(OC)cc21. The smallest absolute Gasteiger partial charge is 0.252 e. The molecule has 0 unspecified atom stereocenters. The van der Waals surface area contributed by atoms with E-state index in [2.05, 4.69) is 10.9 Å². The van der Waals surface area contributed by atoms with Gasteiger partial charge in [-0.25, -0.2) is 8.42 Å². The number of fused-ring (bicyclic) bond motifs is 1. The number of thiazole rings is 1. The molecule has 33 heavy (non-hydrogen) atoms. The summed E-state index contributed by atoms with van der Waals surface area (Å²) < 4.78 is 40.6. The molecule has 4 rings (SSSR count). The normalized spacial score (nSPS) is 16.1. The number of carbonyl (C=O) groups excluding carboxylic acids is 1. The van der Waals surface area contributed by atoms with Gasteiger partial charge < -0.3 is 14.0 Å². The van der Waals surface area contributed by atoms with E-state index >= 15 is 0 Å². The van der Waals surface area contributed by atoms with Crippen LogP contribution in [0.4, 0.5) is 0 Å². The highest BCUT2D eigenvalue weighted by atomic mass is 32.2. The fourth-order valence-electron chi connectivity index (χ4n) is 3.79. The van der Waals surface area contributed by atoms with Gasteiger partial charge in [-0.1, -0.05) is 23.3 Å². The van der Waals surface area contributed by atoms with E-state index in [-0.39, 0.29) is 31.5 Å². The lowest BCUT2D eigenvalue weighted by molar-refractivity contribution is -0.122. The van der Waals surface area contributed by atoms with Crippen LogP contribution >= 0.6 is 22.7 Å². The molecule has 174 valence electrons. The fraction of sp³-hybridized carbons (Fsp3) is 0.364. The summed E-state index contributed by atoms with van der Waals surface area (Å²) in [6, 6.07) is 6.97. The molecule has 1 aliphatic rings. The van der Waals surface area contributed by atoms with Crippen molar-refractivity contribution in [2.45, 2.75) is 23.6 Å². The number of nitrogens with zero attached hydrogens (tertiary/aromatic N) is 3. The van der Waals surface area contributed by atoms with E-state index in [0.717, 1.165) is 10.2 Å². The monoisotopic (exact) mass is 505 g/mol. The Labute approximate surface area is 200 Å². The van der Waals surface area contributed by atoms with E-state index in [1.54, 1.807) is 36.3 Å². The lowest BCUT2D eigenvalue weighted by atomic mass is 9.98. The summed E-state index contributed by atoms with van der Waals surface area (Å²) in [5, 5.41) is 1.74. The molecular formula is C22H23N3O5S3. The Kier molecular flexibility index (Phi) is 6.90. The Hall–Kier alpha value is -2.65. The van der Waals surface area contributed by atoms with Crippen molar-refractivity contribution in [3.63, 3.8) is 0 Å². The number of terminal acetylenes is 1. The van der Waals surface area contributed by atoms with Crippen LogP contribution in [0, 0.1) is 18.3 Å². The molecule has 0 saturated carbocycles. The highest BCUT2D eigenvalue weighted by molar-refractivity contribution is 7.91. The largest absolute Gasteiger partial charge is 0.493 e. The van der Waals surface area contributed by atoms with Crippen molar-refractivity contribution in [1.82, 2.24) is 8.87 Å². The van der Waals surface area contributed by atoms with E-state index < -0.39 is 10.0 Å². The van der Waals surface area contributed by atoms with Crippen LogP contribution < -0.4 is 14.3 Å². The summed E-state index contributed by atoms with van der Waals surface area (Å²) in [7, 11) is -0.390. The van der Waals surface area contributed by atoms with Crippen LogP contribution in [0.5, 0.6) is 11.5 Å². The van der Waals surface area contributed by atoms with Gasteiger partial charge in [0.1, 0.15) is 4.21 Å². The number of hydrogen-bond donors (Lipinski definition) is 0. The molecule has 1 fully saturated rings. The van der Waals surface area contributed by atoms with Crippen molar-refractivity contribution in [2.75, 3.05) is 27.3 Å².